The molecule has 32 heavy (non-hydrogen) atoms. The van der Waals surface area contributed by atoms with Crippen molar-refractivity contribution < 1.29 is 9.59 Å². The predicted molar refractivity (Wildman–Crippen MR) is 116 cm³/mol. The smallest absolute Gasteiger partial charge is 0.247 e. The van der Waals surface area contributed by atoms with Crippen LogP contribution in [0.5, 0.6) is 0 Å². The number of hydrogen-bond acceptors (Lipinski definition) is 6. The molecule has 1 N–H and O–H groups in total. The molecule has 3 heterocycles. The maximum absolute atomic E-state index is 13.0. The Morgan fingerprint density at radius 1 is 1.19 bits per heavy atom. The number of aromatic nitrogens is 4. The summed E-state index contributed by atoms with van der Waals surface area (Å²) in [6, 6.07) is 13.3. The van der Waals surface area contributed by atoms with Gasteiger partial charge >= 0.3 is 0 Å². The molecule has 1 aliphatic heterocycles. The minimum atomic E-state index is -0.900. The molecule has 1 atom stereocenters. The van der Waals surface area contributed by atoms with E-state index in [1.807, 2.05) is 24.3 Å². The van der Waals surface area contributed by atoms with Crippen LogP contribution in [0.25, 0.3) is 5.69 Å². The Balaban J connectivity index is 1.28. The van der Waals surface area contributed by atoms with Gasteiger partial charge in [-0.25, -0.2) is 4.98 Å². The average molecular weight is 427 g/mol. The third-order valence-corrected chi connectivity index (χ3v) is 6.15. The van der Waals surface area contributed by atoms with Crippen LogP contribution >= 0.6 is 0 Å². The van der Waals surface area contributed by atoms with Crippen molar-refractivity contribution in [3.05, 3.63) is 60.8 Å². The van der Waals surface area contributed by atoms with Gasteiger partial charge in [0.05, 0.1) is 12.5 Å². The molecular weight excluding hydrogens is 406 g/mol. The van der Waals surface area contributed by atoms with Crippen LogP contribution in [0.1, 0.15) is 24.8 Å². The summed E-state index contributed by atoms with van der Waals surface area (Å²) in [5.74, 6) is 0.181. The van der Waals surface area contributed by atoms with Gasteiger partial charge in [0.1, 0.15) is 23.9 Å². The first kappa shape index (κ1) is 19.9. The number of carbonyl (C=O) groups excluding carboxylic acids is 2. The zero-order chi connectivity index (χ0) is 22.1. The van der Waals surface area contributed by atoms with Gasteiger partial charge in [0.15, 0.2) is 0 Å². The molecule has 1 saturated heterocycles. The molecule has 0 radical (unpaired) electrons. The largest absolute Gasteiger partial charge is 0.311 e. The van der Waals surface area contributed by atoms with Gasteiger partial charge in [0.2, 0.25) is 11.8 Å². The fraction of sp³-hybridized carbons (Fsp3) is 0.304. The second-order valence-corrected chi connectivity index (χ2v) is 8.23. The molecule has 2 aromatic heterocycles. The normalized spacial score (nSPS) is 20.2. The lowest BCUT2D eigenvalue weighted by Crippen LogP contribution is -2.35. The molecule has 5 rings (SSSR count). The Labute approximate surface area is 184 Å². The average Bonchev–Trinajstić information content (AvgIpc) is 3.39. The van der Waals surface area contributed by atoms with E-state index in [0.717, 1.165) is 24.1 Å². The molecule has 0 unspecified atom stereocenters. The Morgan fingerprint density at radius 2 is 2.00 bits per heavy atom. The summed E-state index contributed by atoms with van der Waals surface area (Å²) in [5, 5.41) is 20.1. The van der Waals surface area contributed by atoms with E-state index in [2.05, 4.69) is 26.6 Å². The van der Waals surface area contributed by atoms with Crippen molar-refractivity contribution in [2.24, 2.45) is 11.3 Å². The van der Waals surface area contributed by atoms with Crippen molar-refractivity contribution in [1.82, 2.24) is 19.7 Å². The van der Waals surface area contributed by atoms with Crippen LogP contribution in [0.2, 0.25) is 0 Å². The standard InChI is InChI=1S/C23H21N7O2/c24-13-23(17-4-5-17)7-9-30(22(23)32)19-6-8-25-20(12-19)28-21(31)11-16-2-1-3-18(10-16)29-14-26-27-15-29/h1-3,6,8,10,12,14-15,17H,4-5,7,9,11H2,(H,25,28,31)/t23-/m1/s1. The zero-order valence-corrected chi connectivity index (χ0v) is 17.3. The fourth-order valence-corrected chi connectivity index (χ4v) is 4.32. The molecule has 1 aromatic carbocycles. The van der Waals surface area contributed by atoms with E-state index in [1.165, 1.54) is 0 Å². The first-order valence-electron chi connectivity index (χ1n) is 10.5. The minimum Gasteiger partial charge on any atom is -0.311 e. The van der Waals surface area contributed by atoms with Gasteiger partial charge in [-0.2, -0.15) is 5.26 Å². The van der Waals surface area contributed by atoms with Crippen molar-refractivity contribution >= 4 is 23.3 Å². The summed E-state index contributed by atoms with van der Waals surface area (Å²) in [4.78, 5) is 31.5. The predicted octanol–water partition coefficient (Wildman–Crippen LogP) is 2.50. The molecule has 1 aliphatic carbocycles. The number of nitrogens with one attached hydrogen (secondary N) is 1. The first-order valence-corrected chi connectivity index (χ1v) is 10.5. The first-order chi connectivity index (χ1) is 15.6. The van der Waals surface area contributed by atoms with Crippen molar-refractivity contribution in [1.29, 1.82) is 5.26 Å². The Hall–Kier alpha value is -4.06. The van der Waals surface area contributed by atoms with E-state index in [0.29, 0.717) is 24.5 Å². The van der Waals surface area contributed by atoms with E-state index in [4.69, 9.17) is 0 Å². The molecular formula is C23H21N7O2. The summed E-state index contributed by atoms with van der Waals surface area (Å²) in [7, 11) is 0. The van der Waals surface area contributed by atoms with Crippen LogP contribution in [-0.2, 0) is 16.0 Å². The fourth-order valence-electron chi connectivity index (χ4n) is 4.32. The molecule has 2 amide bonds. The van der Waals surface area contributed by atoms with E-state index in [-0.39, 0.29) is 24.2 Å². The van der Waals surface area contributed by atoms with Gasteiger partial charge in [-0.1, -0.05) is 12.1 Å². The molecule has 2 aliphatic rings. The highest BCUT2D eigenvalue weighted by Gasteiger charge is 2.56. The van der Waals surface area contributed by atoms with Gasteiger partial charge in [0.25, 0.3) is 0 Å². The molecule has 160 valence electrons. The summed E-state index contributed by atoms with van der Waals surface area (Å²) in [6.07, 6.45) is 7.33. The van der Waals surface area contributed by atoms with E-state index in [1.54, 1.807) is 40.5 Å². The number of amides is 2. The lowest BCUT2D eigenvalue weighted by Gasteiger charge is -2.21. The van der Waals surface area contributed by atoms with Crippen LogP contribution < -0.4 is 10.2 Å². The molecule has 0 bridgehead atoms. The minimum absolute atomic E-state index is 0.142. The monoisotopic (exact) mass is 427 g/mol. The van der Waals surface area contributed by atoms with Gasteiger partial charge in [-0.3, -0.25) is 14.2 Å². The molecule has 3 aromatic rings. The number of pyridine rings is 1. The maximum atomic E-state index is 13.0. The number of nitrogens with zero attached hydrogens (tertiary/aromatic N) is 6. The van der Waals surface area contributed by atoms with Gasteiger partial charge in [0, 0.05) is 30.2 Å². The number of nitriles is 1. The van der Waals surface area contributed by atoms with Crippen molar-refractivity contribution in [3.8, 4) is 11.8 Å². The number of rotatable bonds is 6. The van der Waals surface area contributed by atoms with Crippen molar-refractivity contribution in [3.63, 3.8) is 0 Å². The summed E-state index contributed by atoms with van der Waals surface area (Å²) >= 11 is 0. The molecule has 9 nitrogen and oxygen atoms in total. The highest BCUT2D eigenvalue weighted by molar-refractivity contribution is 6.02. The summed E-state index contributed by atoms with van der Waals surface area (Å²) in [6.45, 7) is 0.496. The number of carbonyl (C=O) groups is 2. The van der Waals surface area contributed by atoms with E-state index >= 15 is 0 Å². The van der Waals surface area contributed by atoms with Crippen LogP contribution in [0.3, 0.4) is 0 Å². The van der Waals surface area contributed by atoms with E-state index in [9.17, 15) is 14.9 Å². The quantitative estimate of drug-likeness (QED) is 0.646. The van der Waals surface area contributed by atoms with Crippen molar-refractivity contribution in [2.45, 2.75) is 25.7 Å². The molecule has 1 saturated carbocycles. The third-order valence-electron chi connectivity index (χ3n) is 6.15. The topological polar surface area (TPSA) is 117 Å². The van der Waals surface area contributed by atoms with Gasteiger partial charge in [-0.15, -0.1) is 10.2 Å². The summed E-state index contributed by atoms with van der Waals surface area (Å²) in [5.41, 5.74) is 1.45. The Morgan fingerprint density at radius 3 is 2.75 bits per heavy atom. The zero-order valence-electron chi connectivity index (χ0n) is 17.3. The Bertz CT molecular complexity index is 1210. The third kappa shape index (κ3) is 3.60. The molecule has 0 spiro atoms. The van der Waals surface area contributed by atoms with Gasteiger partial charge in [-0.05, 0) is 48.9 Å². The maximum Gasteiger partial charge on any atom is 0.247 e. The Kier molecular flexibility index (Phi) is 4.90. The highest BCUT2D eigenvalue weighted by Crippen LogP contribution is 2.51. The lowest BCUT2D eigenvalue weighted by atomic mass is 9.83. The van der Waals surface area contributed by atoms with E-state index < -0.39 is 5.41 Å². The number of benzene rings is 1. The van der Waals surface area contributed by atoms with Crippen LogP contribution in [0.4, 0.5) is 11.5 Å². The second kappa shape index (κ2) is 7.89. The van der Waals surface area contributed by atoms with Crippen LogP contribution in [0.15, 0.2) is 55.2 Å². The second-order valence-electron chi connectivity index (χ2n) is 8.23. The molecule has 9 heteroatoms. The summed E-state index contributed by atoms with van der Waals surface area (Å²) < 4.78 is 1.77. The lowest BCUT2D eigenvalue weighted by molar-refractivity contribution is -0.123. The molecule has 2 fully saturated rings. The highest BCUT2D eigenvalue weighted by atomic mass is 16.2. The van der Waals surface area contributed by atoms with Gasteiger partial charge < -0.3 is 10.2 Å². The van der Waals surface area contributed by atoms with Crippen LogP contribution in [-0.4, -0.2) is 38.1 Å². The van der Waals surface area contributed by atoms with Crippen molar-refractivity contribution in [2.75, 3.05) is 16.8 Å². The number of anilines is 2. The SMILES string of the molecule is N#C[C@@]1(C2CC2)CCN(c2ccnc(NC(=O)Cc3cccc(-n4cnnc4)c3)c2)C1=O. The number of hydrogen-bond donors (Lipinski definition) is 1. The van der Waals surface area contributed by atoms with Crippen LogP contribution in [0, 0.1) is 22.7 Å².